The van der Waals surface area contributed by atoms with Gasteiger partial charge in [-0.05, 0) is 43.2 Å². The highest BCUT2D eigenvalue weighted by Crippen LogP contribution is 2.19. The van der Waals surface area contributed by atoms with Crippen LogP contribution in [-0.4, -0.2) is 11.7 Å². The SMILES string of the molecule is CCCn1cccc1CN[C@H](C)c1cccc(OC)c1. The van der Waals surface area contributed by atoms with Crippen molar-refractivity contribution in [2.24, 2.45) is 0 Å². The first-order chi connectivity index (χ1) is 9.74. The fraction of sp³-hybridized carbons (Fsp3) is 0.412. The molecule has 1 heterocycles. The summed E-state index contributed by atoms with van der Waals surface area (Å²) in [7, 11) is 1.70. The smallest absolute Gasteiger partial charge is 0.119 e. The van der Waals surface area contributed by atoms with E-state index < -0.39 is 0 Å². The average molecular weight is 272 g/mol. The van der Waals surface area contributed by atoms with E-state index in [1.165, 1.54) is 11.3 Å². The molecular formula is C17H24N2O. The molecule has 0 bridgehead atoms. The number of rotatable bonds is 7. The number of benzene rings is 1. The maximum atomic E-state index is 5.27. The van der Waals surface area contributed by atoms with Crippen LogP contribution >= 0.6 is 0 Å². The van der Waals surface area contributed by atoms with Gasteiger partial charge in [0.1, 0.15) is 5.75 Å². The number of aryl methyl sites for hydroxylation is 1. The molecule has 0 unspecified atom stereocenters. The van der Waals surface area contributed by atoms with E-state index >= 15 is 0 Å². The second-order valence-electron chi connectivity index (χ2n) is 5.07. The minimum Gasteiger partial charge on any atom is -0.497 e. The van der Waals surface area contributed by atoms with Gasteiger partial charge in [0, 0.05) is 31.0 Å². The predicted molar refractivity (Wildman–Crippen MR) is 83.0 cm³/mol. The third-order valence-corrected chi connectivity index (χ3v) is 3.57. The molecule has 0 aliphatic rings. The average Bonchev–Trinajstić information content (AvgIpc) is 2.92. The van der Waals surface area contributed by atoms with Gasteiger partial charge < -0.3 is 14.6 Å². The minimum atomic E-state index is 0.301. The van der Waals surface area contributed by atoms with Crippen LogP contribution in [0.25, 0.3) is 0 Å². The highest BCUT2D eigenvalue weighted by molar-refractivity contribution is 5.30. The lowest BCUT2D eigenvalue weighted by atomic mass is 10.1. The Labute approximate surface area is 121 Å². The van der Waals surface area contributed by atoms with Gasteiger partial charge in [0.25, 0.3) is 0 Å². The normalized spacial score (nSPS) is 12.3. The standard InChI is InChI=1S/C17H24N2O/c1-4-10-19-11-6-8-16(19)13-18-14(2)15-7-5-9-17(12-15)20-3/h5-9,11-12,14,18H,4,10,13H2,1-3H3/t14-/m1/s1. The summed E-state index contributed by atoms with van der Waals surface area (Å²) < 4.78 is 7.59. The lowest BCUT2D eigenvalue weighted by molar-refractivity contribution is 0.413. The van der Waals surface area contributed by atoms with Crippen molar-refractivity contribution in [1.82, 2.24) is 9.88 Å². The lowest BCUT2D eigenvalue weighted by Gasteiger charge is -2.16. The summed E-state index contributed by atoms with van der Waals surface area (Å²) in [6.07, 6.45) is 3.31. The predicted octanol–water partition coefficient (Wildman–Crippen LogP) is 3.76. The molecule has 0 amide bonds. The maximum absolute atomic E-state index is 5.27. The van der Waals surface area contributed by atoms with Crippen LogP contribution in [0.5, 0.6) is 5.75 Å². The zero-order valence-electron chi connectivity index (χ0n) is 12.6. The van der Waals surface area contributed by atoms with E-state index in [0.29, 0.717) is 6.04 Å². The third-order valence-electron chi connectivity index (χ3n) is 3.57. The molecule has 3 heteroatoms. The molecule has 0 saturated heterocycles. The largest absolute Gasteiger partial charge is 0.497 e. The van der Waals surface area contributed by atoms with Crippen LogP contribution in [0.15, 0.2) is 42.6 Å². The Morgan fingerprint density at radius 2 is 2.10 bits per heavy atom. The quantitative estimate of drug-likeness (QED) is 0.830. The molecule has 0 fully saturated rings. The van der Waals surface area contributed by atoms with Crippen LogP contribution in [0, 0.1) is 0 Å². The number of ether oxygens (including phenoxy) is 1. The number of aromatic nitrogens is 1. The molecule has 0 saturated carbocycles. The molecule has 0 spiro atoms. The Kier molecular flexibility index (Phi) is 5.24. The van der Waals surface area contributed by atoms with Gasteiger partial charge in [0.05, 0.1) is 7.11 Å². The highest BCUT2D eigenvalue weighted by atomic mass is 16.5. The zero-order valence-corrected chi connectivity index (χ0v) is 12.6. The number of methoxy groups -OCH3 is 1. The van der Waals surface area contributed by atoms with Gasteiger partial charge >= 0.3 is 0 Å². The molecule has 1 N–H and O–H groups in total. The number of hydrogen-bond donors (Lipinski definition) is 1. The molecule has 1 atom stereocenters. The summed E-state index contributed by atoms with van der Waals surface area (Å²) in [5, 5.41) is 3.58. The molecule has 20 heavy (non-hydrogen) atoms. The summed E-state index contributed by atoms with van der Waals surface area (Å²) >= 11 is 0. The second kappa shape index (κ2) is 7.15. The summed E-state index contributed by atoms with van der Waals surface area (Å²) in [5.74, 6) is 0.908. The molecule has 3 nitrogen and oxygen atoms in total. The topological polar surface area (TPSA) is 26.2 Å². The third kappa shape index (κ3) is 3.64. The Balaban J connectivity index is 1.97. The van der Waals surface area contributed by atoms with Gasteiger partial charge in [-0.1, -0.05) is 19.1 Å². The fourth-order valence-electron chi connectivity index (χ4n) is 2.36. The molecule has 0 aliphatic heterocycles. The van der Waals surface area contributed by atoms with Crippen molar-refractivity contribution in [2.75, 3.05) is 7.11 Å². The van der Waals surface area contributed by atoms with E-state index in [2.05, 4.69) is 54.2 Å². The van der Waals surface area contributed by atoms with E-state index in [0.717, 1.165) is 25.3 Å². The van der Waals surface area contributed by atoms with Crippen molar-refractivity contribution in [3.05, 3.63) is 53.9 Å². The summed E-state index contributed by atoms with van der Waals surface area (Å²) in [6, 6.07) is 12.8. The fourth-order valence-corrected chi connectivity index (χ4v) is 2.36. The molecule has 0 radical (unpaired) electrons. The molecule has 108 valence electrons. The van der Waals surface area contributed by atoms with Crippen LogP contribution < -0.4 is 10.1 Å². The van der Waals surface area contributed by atoms with E-state index in [4.69, 9.17) is 4.74 Å². The monoisotopic (exact) mass is 272 g/mol. The molecule has 0 aliphatic carbocycles. The second-order valence-corrected chi connectivity index (χ2v) is 5.07. The number of nitrogens with zero attached hydrogens (tertiary/aromatic N) is 1. The summed E-state index contributed by atoms with van der Waals surface area (Å²) in [6.45, 7) is 6.35. The molecule has 2 aromatic rings. The first kappa shape index (κ1) is 14.7. The number of hydrogen-bond acceptors (Lipinski definition) is 2. The summed E-state index contributed by atoms with van der Waals surface area (Å²) in [5.41, 5.74) is 2.58. The Bertz CT molecular complexity index is 533. The lowest BCUT2D eigenvalue weighted by Crippen LogP contribution is -2.20. The van der Waals surface area contributed by atoms with E-state index in [1.807, 2.05) is 12.1 Å². The highest BCUT2D eigenvalue weighted by Gasteiger charge is 2.07. The molecular weight excluding hydrogens is 248 g/mol. The van der Waals surface area contributed by atoms with Gasteiger partial charge in [-0.3, -0.25) is 0 Å². The van der Waals surface area contributed by atoms with Crippen LogP contribution in [0.4, 0.5) is 0 Å². The van der Waals surface area contributed by atoms with E-state index in [1.54, 1.807) is 7.11 Å². The first-order valence-corrected chi connectivity index (χ1v) is 7.26. The molecule has 2 rings (SSSR count). The van der Waals surface area contributed by atoms with Crippen molar-refractivity contribution in [3.63, 3.8) is 0 Å². The van der Waals surface area contributed by atoms with Crippen LogP contribution in [0.1, 0.15) is 37.6 Å². The Morgan fingerprint density at radius 1 is 1.25 bits per heavy atom. The van der Waals surface area contributed by atoms with Crippen LogP contribution in [0.2, 0.25) is 0 Å². The van der Waals surface area contributed by atoms with Crippen molar-refractivity contribution < 1.29 is 4.74 Å². The van der Waals surface area contributed by atoms with Crippen molar-refractivity contribution in [1.29, 1.82) is 0 Å². The molecule has 1 aromatic heterocycles. The maximum Gasteiger partial charge on any atom is 0.119 e. The van der Waals surface area contributed by atoms with Gasteiger partial charge in [-0.2, -0.15) is 0 Å². The van der Waals surface area contributed by atoms with Crippen LogP contribution in [0.3, 0.4) is 0 Å². The van der Waals surface area contributed by atoms with E-state index in [9.17, 15) is 0 Å². The number of nitrogens with one attached hydrogen (secondary N) is 1. The van der Waals surface area contributed by atoms with Crippen molar-refractivity contribution in [2.45, 2.75) is 39.4 Å². The Hall–Kier alpha value is -1.74. The zero-order chi connectivity index (χ0) is 14.4. The summed E-state index contributed by atoms with van der Waals surface area (Å²) in [4.78, 5) is 0. The Morgan fingerprint density at radius 3 is 2.85 bits per heavy atom. The van der Waals surface area contributed by atoms with Gasteiger partial charge in [-0.25, -0.2) is 0 Å². The molecule has 1 aromatic carbocycles. The van der Waals surface area contributed by atoms with Crippen molar-refractivity contribution >= 4 is 0 Å². The van der Waals surface area contributed by atoms with Gasteiger partial charge in [-0.15, -0.1) is 0 Å². The van der Waals surface area contributed by atoms with Crippen LogP contribution in [-0.2, 0) is 13.1 Å². The van der Waals surface area contributed by atoms with Crippen molar-refractivity contribution in [3.8, 4) is 5.75 Å². The van der Waals surface area contributed by atoms with Gasteiger partial charge in [0.15, 0.2) is 0 Å². The minimum absolute atomic E-state index is 0.301. The first-order valence-electron chi connectivity index (χ1n) is 7.26. The van der Waals surface area contributed by atoms with E-state index in [-0.39, 0.29) is 0 Å². The van der Waals surface area contributed by atoms with Gasteiger partial charge in [0.2, 0.25) is 0 Å².